The molecule has 1 aromatic heterocycles. The van der Waals surface area contributed by atoms with Crippen LogP contribution in [-0.2, 0) is 6.54 Å². The van der Waals surface area contributed by atoms with Crippen LogP contribution in [0.3, 0.4) is 0 Å². The Labute approximate surface area is 169 Å². The summed E-state index contributed by atoms with van der Waals surface area (Å²) >= 11 is 1.53. The minimum absolute atomic E-state index is 0.126. The Morgan fingerprint density at radius 2 is 1.86 bits per heavy atom. The standard InChI is InChI=1S/C22H23N3O2S/c1-15-4-9-19(10-5-15)28-25-20-12-18(8-6-16(20)2)22(26)24-14-17-7-11-21(27-3)23-13-17/h4-13,25H,14H2,1-3H3,(H,24,26). The van der Waals surface area contributed by atoms with E-state index < -0.39 is 0 Å². The Morgan fingerprint density at radius 3 is 2.54 bits per heavy atom. The Balaban J connectivity index is 1.62. The number of hydrogen-bond donors (Lipinski definition) is 2. The lowest BCUT2D eigenvalue weighted by molar-refractivity contribution is 0.0951. The third kappa shape index (κ3) is 5.27. The molecule has 6 heteroatoms. The molecule has 0 saturated heterocycles. The molecule has 2 N–H and O–H groups in total. The summed E-state index contributed by atoms with van der Waals surface area (Å²) in [5.74, 6) is 0.426. The van der Waals surface area contributed by atoms with E-state index in [1.807, 2.05) is 31.2 Å². The zero-order valence-corrected chi connectivity index (χ0v) is 17.0. The van der Waals surface area contributed by atoms with Gasteiger partial charge in [-0.3, -0.25) is 4.79 Å². The number of carbonyl (C=O) groups excluding carboxylic acids is 1. The quantitative estimate of drug-likeness (QED) is 0.567. The largest absolute Gasteiger partial charge is 0.481 e. The molecular weight excluding hydrogens is 370 g/mol. The number of ether oxygens (including phenoxy) is 1. The zero-order chi connectivity index (χ0) is 19.9. The van der Waals surface area contributed by atoms with Crippen LogP contribution in [0.2, 0.25) is 0 Å². The van der Waals surface area contributed by atoms with Crippen molar-refractivity contribution in [2.24, 2.45) is 0 Å². The van der Waals surface area contributed by atoms with Gasteiger partial charge in [-0.05, 0) is 61.2 Å². The monoisotopic (exact) mass is 393 g/mol. The van der Waals surface area contributed by atoms with Crippen molar-refractivity contribution in [1.82, 2.24) is 10.3 Å². The van der Waals surface area contributed by atoms with Gasteiger partial charge in [0, 0.05) is 35.0 Å². The second kappa shape index (κ2) is 9.28. The van der Waals surface area contributed by atoms with E-state index >= 15 is 0 Å². The van der Waals surface area contributed by atoms with Crippen molar-refractivity contribution in [3.05, 3.63) is 83.0 Å². The van der Waals surface area contributed by atoms with Crippen LogP contribution < -0.4 is 14.8 Å². The van der Waals surface area contributed by atoms with Crippen molar-refractivity contribution in [2.75, 3.05) is 11.8 Å². The van der Waals surface area contributed by atoms with Gasteiger partial charge in [-0.2, -0.15) is 0 Å². The van der Waals surface area contributed by atoms with E-state index in [-0.39, 0.29) is 5.91 Å². The molecule has 3 rings (SSSR count). The molecule has 0 saturated carbocycles. The van der Waals surface area contributed by atoms with Crippen LogP contribution >= 0.6 is 11.9 Å². The van der Waals surface area contributed by atoms with Gasteiger partial charge in [-0.25, -0.2) is 4.98 Å². The molecule has 0 bridgehead atoms. The molecular formula is C22H23N3O2S. The summed E-state index contributed by atoms with van der Waals surface area (Å²) in [6.07, 6.45) is 1.69. The van der Waals surface area contributed by atoms with Crippen molar-refractivity contribution < 1.29 is 9.53 Å². The summed E-state index contributed by atoms with van der Waals surface area (Å²) in [4.78, 5) is 17.8. The number of anilines is 1. The predicted octanol–water partition coefficient (Wildman–Crippen LogP) is 4.76. The zero-order valence-electron chi connectivity index (χ0n) is 16.2. The second-order valence-corrected chi connectivity index (χ2v) is 7.32. The normalized spacial score (nSPS) is 10.4. The number of nitrogens with one attached hydrogen (secondary N) is 2. The molecule has 1 amide bonds. The highest BCUT2D eigenvalue weighted by Gasteiger charge is 2.09. The van der Waals surface area contributed by atoms with Crippen molar-refractivity contribution in [3.63, 3.8) is 0 Å². The van der Waals surface area contributed by atoms with Crippen LogP contribution in [0, 0.1) is 13.8 Å². The van der Waals surface area contributed by atoms with E-state index in [0.29, 0.717) is 18.0 Å². The molecule has 3 aromatic rings. The lowest BCUT2D eigenvalue weighted by atomic mass is 10.1. The van der Waals surface area contributed by atoms with Gasteiger partial charge in [-0.15, -0.1) is 0 Å². The first-order chi connectivity index (χ1) is 13.5. The Hall–Kier alpha value is -2.99. The molecule has 2 aromatic carbocycles. The first-order valence-corrected chi connectivity index (χ1v) is 9.74. The molecule has 1 heterocycles. The fourth-order valence-corrected chi connectivity index (χ4v) is 3.23. The van der Waals surface area contributed by atoms with Gasteiger partial charge in [0.05, 0.1) is 7.11 Å². The molecule has 28 heavy (non-hydrogen) atoms. The number of carbonyl (C=O) groups is 1. The Morgan fingerprint density at radius 1 is 1.07 bits per heavy atom. The van der Waals surface area contributed by atoms with Crippen LogP contribution in [0.15, 0.2) is 65.7 Å². The highest BCUT2D eigenvalue weighted by molar-refractivity contribution is 8.00. The van der Waals surface area contributed by atoms with Gasteiger partial charge in [0.15, 0.2) is 0 Å². The van der Waals surface area contributed by atoms with Gasteiger partial charge in [0.1, 0.15) is 0 Å². The number of aryl methyl sites for hydroxylation is 2. The Bertz CT molecular complexity index is 941. The minimum atomic E-state index is -0.126. The van der Waals surface area contributed by atoms with E-state index in [9.17, 15) is 4.79 Å². The van der Waals surface area contributed by atoms with Crippen molar-refractivity contribution >= 4 is 23.5 Å². The smallest absolute Gasteiger partial charge is 0.251 e. The average Bonchev–Trinajstić information content (AvgIpc) is 2.73. The van der Waals surface area contributed by atoms with Crippen molar-refractivity contribution in [3.8, 4) is 5.88 Å². The second-order valence-electron chi connectivity index (χ2n) is 6.44. The summed E-state index contributed by atoms with van der Waals surface area (Å²) < 4.78 is 8.38. The molecule has 5 nitrogen and oxygen atoms in total. The van der Waals surface area contributed by atoms with Gasteiger partial charge in [0.25, 0.3) is 5.91 Å². The first kappa shape index (κ1) is 19.8. The number of methoxy groups -OCH3 is 1. The number of pyridine rings is 1. The molecule has 0 unspecified atom stereocenters. The number of amides is 1. The molecule has 0 atom stereocenters. The summed E-state index contributed by atoms with van der Waals surface area (Å²) in [5, 5.41) is 2.93. The SMILES string of the molecule is COc1ccc(CNC(=O)c2ccc(C)c(NSc3ccc(C)cc3)c2)cn1. The number of aromatic nitrogens is 1. The lowest BCUT2D eigenvalue weighted by Gasteiger charge is -2.11. The summed E-state index contributed by atoms with van der Waals surface area (Å²) in [6.45, 7) is 4.49. The van der Waals surface area contributed by atoms with Crippen LogP contribution in [0.5, 0.6) is 5.88 Å². The van der Waals surface area contributed by atoms with E-state index in [1.165, 1.54) is 17.5 Å². The maximum absolute atomic E-state index is 12.5. The maximum atomic E-state index is 12.5. The number of rotatable bonds is 7. The molecule has 0 aliphatic carbocycles. The molecule has 0 aliphatic heterocycles. The van der Waals surface area contributed by atoms with E-state index in [0.717, 1.165) is 21.7 Å². The highest BCUT2D eigenvalue weighted by Crippen LogP contribution is 2.25. The van der Waals surface area contributed by atoms with Crippen LogP contribution in [-0.4, -0.2) is 18.0 Å². The number of hydrogen-bond acceptors (Lipinski definition) is 5. The van der Waals surface area contributed by atoms with Gasteiger partial charge < -0.3 is 14.8 Å². The fourth-order valence-electron chi connectivity index (χ4n) is 2.51. The van der Waals surface area contributed by atoms with Crippen molar-refractivity contribution in [2.45, 2.75) is 25.3 Å². The van der Waals surface area contributed by atoms with E-state index in [4.69, 9.17) is 4.74 Å². The van der Waals surface area contributed by atoms with E-state index in [2.05, 4.69) is 46.2 Å². The molecule has 0 fully saturated rings. The highest BCUT2D eigenvalue weighted by atomic mass is 32.2. The third-order valence-electron chi connectivity index (χ3n) is 4.26. The van der Waals surface area contributed by atoms with Crippen LogP contribution in [0.25, 0.3) is 0 Å². The van der Waals surface area contributed by atoms with Crippen molar-refractivity contribution in [1.29, 1.82) is 0 Å². The maximum Gasteiger partial charge on any atom is 0.251 e. The topological polar surface area (TPSA) is 63.2 Å². The fraction of sp³-hybridized carbons (Fsp3) is 0.182. The van der Waals surface area contributed by atoms with Gasteiger partial charge >= 0.3 is 0 Å². The van der Waals surface area contributed by atoms with Crippen LogP contribution in [0.1, 0.15) is 27.0 Å². The van der Waals surface area contributed by atoms with Crippen LogP contribution in [0.4, 0.5) is 5.69 Å². The van der Waals surface area contributed by atoms with E-state index in [1.54, 1.807) is 19.4 Å². The summed E-state index contributed by atoms with van der Waals surface area (Å²) in [6, 6.07) is 17.6. The minimum Gasteiger partial charge on any atom is -0.481 e. The molecule has 144 valence electrons. The number of nitrogens with zero attached hydrogens (tertiary/aromatic N) is 1. The van der Waals surface area contributed by atoms with Gasteiger partial charge in [-0.1, -0.05) is 29.8 Å². The summed E-state index contributed by atoms with van der Waals surface area (Å²) in [7, 11) is 1.57. The lowest BCUT2D eigenvalue weighted by Crippen LogP contribution is -2.23. The predicted molar refractivity (Wildman–Crippen MR) is 114 cm³/mol. The van der Waals surface area contributed by atoms with Gasteiger partial charge in [0.2, 0.25) is 5.88 Å². The summed E-state index contributed by atoms with van der Waals surface area (Å²) in [5.41, 5.74) is 4.75. The molecule has 0 spiro atoms. The molecule has 0 radical (unpaired) electrons. The number of benzene rings is 2. The average molecular weight is 394 g/mol. The third-order valence-corrected chi connectivity index (χ3v) is 5.09. The molecule has 0 aliphatic rings. The first-order valence-electron chi connectivity index (χ1n) is 8.92. The Kier molecular flexibility index (Phi) is 6.55.